The Morgan fingerprint density at radius 1 is 1.35 bits per heavy atom. The van der Waals surface area contributed by atoms with E-state index < -0.39 is 0 Å². The second-order valence-corrected chi connectivity index (χ2v) is 4.93. The number of piperidine rings is 1. The zero-order chi connectivity index (χ0) is 14.4. The molecule has 6 nitrogen and oxygen atoms in total. The average Bonchev–Trinajstić information content (AvgIpc) is 2.47. The smallest absolute Gasteiger partial charge is 0.315 e. The van der Waals surface area contributed by atoms with E-state index >= 15 is 0 Å². The molecule has 2 heterocycles. The summed E-state index contributed by atoms with van der Waals surface area (Å²) in [5.74, 6) is 0.100. The van der Waals surface area contributed by atoms with Crippen molar-refractivity contribution < 1.29 is 9.59 Å². The molecule has 0 aromatic carbocycles. The van der Waals surface area contributed by atoms with Crippen LogP contribution in [0.3, 0.4) is 0 Å². The van der Waals surface area contributed by atoms with Crippen LogP contribution in [0.4, 0.5) is 4.79 Å². The van der Waals surface area contributed by atoms with Crippen LogP contribution in [0.15, 0.2) is 24.4 Å². The van der Waals surface area contributed by atoms with E-state index in [2.05, 4.69) is 15.6 Å². The maximum absolute atomic E-state index is 11.8. The van der Waals surface area contributed by atoms with Crippen molar-refractivity contribution in [2.24, 2.45) is 0 Å². The van der Waals surface area contributed by atoms with Gasteiger partial charge in [0.25, 0.3) is 0 Å². The monoisotopic (exact) mass is 276 g/mol. The molecule has 20 heavy (non-hydrogen) atoms. The topological polar surface area (TPSA) is 74.3 Å². The molecular formula is C14H20N4O2. The largest absolute Gasteiger partial charge is 0.343 e. The van der Waals surface area contributed by atoms with Gasteiger partial charge in [-0.3, -0.25) is 9.78 Å². The molecule has 108 valence electrons. The second kappa shape index (κ2) is 6.88. The van der Waals surface area contributed by atoms with Crippen molar-refractivity contribution in [3.63, 3.8) is 0 Å². The number of nitrogens with zero attached hydrogens (tertiary/aromatic N) is 2. The van der Waals surface area contributed by atoms with Crippen LogP contribution >= 0.6 is 0 Å². The van der Waals surface area contributed by atoms with E-state index in [0.29, 0.717) is 19.6 Å². The summed E-state index contributed by atoms with van der Waals surface area (Å²) in [5, 5.41) is 5.72. The highest BCUT2D eigenvalue weighted by molar-refractivity contribution is 5.74. The van der Waals surface area contributed by atoms with Crippen LogP contribution in [0, 0.1) is 0 Å². The Labute approximate surface area is 118 Å². The number of nitrogens with one attached hydrogen (secondary N) is 2. The van der Waals surface area contributed by atoms with Gasteiger partial charge in [-0.25, -0.2) is 4.79 Å². The standard InChI is InChI=1S/C14H20N4O2/c1-11(19)18-8-5-12(6-9-18)17-14(20)16-10-13-4-2-3-7-15-13/h2-4,7,12H,5-6,8-10H2,1H3,(H2,16,17,20). The van der Waals surface area contributed by atoms with Crippen molar-refractivity contribution in [2.75, 3.05) is 13.1 Å². The first-order valence-corrected chi connectivity index (χ1v) is 6.85. The Hall–Kier alpha value is -2.11. The lowest BCUT2D eigenvalue weighted by atomic mass is 10.1. The first-order chi connectivity index (χ1) is 9.65. The highest BCUT2D eigenvalue weighted by Gasteiger charge is 2.21. The molecule has 0 aliphatic carbocycles. The fourth-order valence-electron chi connectivity index (χ4n) is 2.25. The molecule has 1 aromatic rings. The molecule has 2 rings (SSSR count). The van der Waals surface area contributed by atoms with Crippen LogP contribution in [0.5, 0.6) is 0 Å². The van der Waals surface area contributed by atoms with Gasteiger partial charge in [0, 0.05) is 32.3 Å². The van der Waals surface area contributed by atoms with Crippen LogP contribution in [0.2, 0.25) is 0 Å². The summed E-state index contributed by atoms with van der Waals surface area (Å²) in [5.41, 5.74) is 0.828. The molecular weight excluding hydrogens is 256 g/mol. The van der Waals surface area contributed by atoms with Gasteiger partial charge < -0.3 is 15.5 Å². The first kappa shape index (κ1) is 14.3. The number of amides is 3. The molecule has 0 spiro atoms. The van der Waals surface area contributed by atoms with Gasteiger partial charge in [-0.15, -0.1) is 0 Å². The normalized spacial score (nSPS) is 15.8. The van der Waals surface area contributed by atoms with Gasteiger partial charge in [0.1, 0.15) is 0 Å². The predicted octanol–water partition coefficient (Wildman–Crippen LogP) is 0.892. The summed E-state index contributed by atoms with van der Waals surface area (Å²) < 4.78 is 0. The third-order valence-electron chi connectivity index (χ3n) is 3.43. The SMILES string of the molecule is CC(=O)N1CCC(NC(=O)NCc2ccccn2)CC1. The maximum atomic E-state index is 11.8. The van der Waals surface area contributed by atoms with Crippen molar-refractivity contribution in [3.8, 4) is 0 Å². The number of rotatable bonds is 3. The first-order valence-electron chi connectivity index (χ1n) is 6.85. The summed E-state index contributed by atoms with van der Waals surface area (Å²) >= 11 is 0. The number of hydrogen-bond acceptors (Lipinski definition) is 3. The minimum absolute atomic E-state index is 0.100. The van der Waals surface area contributed by atoms with Crippen molar-refractivity contribution in [1.82, 2.24) is 20.5 Å². The molecule has 1 fully saturated rings. The summed E-state index contributed by atoms with van der Waals surface area (Å²) in [6, 6.07) is 5.54. The number of urea groups is 1. The van der Waals surface area contributed by atoms with Crippen molar-refractivity contribution in [2.45, 2.75) is 32.4 Å². The van der Waals surface area contributed by atoms with Gasteiger partial charge in [0.2, 0.25) is 5.91 Å². The Balaban J connectivity index is 1.69. The molecule has 0 atom stereocenters. The lowest BCUT2D eigenvalue weighted by Gasteiger charge is -2.31. The number of carbonyl (C=O) groups is 2. The summed E-state index contributed by atoms with van der Waals surface area (Å²) in [4.78, 5) is 28.9. The number of hydrogen-bond donors (Lipinski definition) is 2. The van der Waals surface area contributed by atoms with Gasteiger partial charge in [0.15, 0.2) is 0 Å². The molecule has 0 unspecified atom stereocenters. The molecule has 1 saturated heterocycles. The fourth-order valence-corrected chi connectivity index (χ4v) is 2.25. The van der Waals surface area contributed by atoms with Gasteiger partial charge in [0.05, 0.1) is 12.2 Å². The zero-order valence-electron chi connectivity index (χ0n) is 11.6. The van der Waals surface area contributed by atoms with Crippen molar-refractivity contribution in [1.29, 1.82) is 0 Å². The Morgan fingerprint density at radius 3 is 2.70 bits per heavy atom. The van der Waals surface area contributed by atoms with E-state index in [1.807, 2.05) is 23.1 Å². The van der Waals surface area contributed by atoms with Crippen LogP contribution in [0.1, 0.15) is 25.5 Å². The minimum atomic E-state index is -0.183. The van der Waals surface area contributed by atoms with Crippen molar-refractivity contribution >= 4 is 11.9 Å². The number of carbonyl (C=O) groups excluding carboxylic acids is 2. The van der Waals surface area contributed by atoms with Gasteiger partial charge in [-0.05, 0) is 25.0 Å². The van der Waals surface area contributed by atoms with Crippen LogP contribution < -0.4 is 10.6 Å². The molecule has 0 bridgehead atoms. The van der Waals surface area contributed by atoms with Crippen LogP contribution in [-0.2, 0) is 11.3 Å². The average molecular weight is 276 g/mol. The Kier molecular flexibility index (Phi) is 4.92. The van der Waals surface area contributed by atoms with E-state index in [4.69, 9.17) is 0 Å². The Bertz CT molecular complexity index is 456. The summed E-state index contributed by atoms with van der Waals surface area (Å²) in [6.07, 6.45) is 3.31. The molecule has 1 aromatic heterocycles. The molecule has 1 aliphatic rings. The van der Waals surface area contributed by atoms with Gasteiger partial charge >= 0.3 is 6.03 Å². The number of aromatic nitrogens is 1. The number of likely N-dealkylation sites (tertiary alicyclic amines) is 1. The summed E-state index contributed by atoms with van der Waals surface area (Å²) in [6.45, 7) is 3.41. The van der Waals surface area contributed by atoms with E-state index in [-0.39, 0.29) is 18.0 Å². The molecule has 2 N–H and O–H groups in total. The van der Waals surface area contributed by atoms with E-state index in [0.717, 1.165) is 18.5 Å². The van der Waals surface area contributed by atoms with Crippen molar-refractivity contribution in [3.05, 3.63) is 30.1 Å². The number of pyridine rings is 1. The third kappa shape index (κ3) is 4.22. The maximum Gasteiger partial charge on any atom is 0.315 e. The third-order valence-corrected chi connectivity index (χ3v) is 3.43. The van der Waals surface area contributed by atoms with E-state index in [1.165, 1.54) is 0 Å². The zero-order valence-corrected chi connectivity index (χ0v) is 11.6. The second-order valence-electron chi connectivity index (χ2n) is 4.93. The predicted molar refractivity (Wildman–Crippen MR) is 74.9 cm³/mol. The molecule has 3 amide bonds. The molecule has 1 aliphatic heterocycles. The van der Waals surface area contributed by atoms with E-state index in [1.54, 1.807) is 13.1 Å². The van der Waals surface area contributed by atoms with Gasteiger partial charge in [-0.1, -0.05) is 6.07 Å². The molecule has 0 radical (unpaired) electrons. The summed E-state index contributed by atoms with van der Waals surface area (Å²) in [7, 11) is 0. The molecule has 0 saturated carbocycles. The van der Waals surface area contributed by atoms with E-state index in [9.17, 15) is 9.59 Å². The fraction of sp³-hybridized carbons (Fsp3) is 0.500. The minimum Gasteiger partial charge on any atom is -0.343 e. The highest BCUT2D eigenvalue weighted by Crippen LogP contribution is 2.10. The van der Waals surface area contributed by atoms with Gasteiger partial charge in [-0.2, -0.15) is 0 Å². The molecule has 6 heteroatoms. The highest BCUT2D eigenvalue weighted by atomic mass is 16.2. The quantitative estimate of drug-likeness (QED) is 0.861. The van der Waals surface area contributed by atoms with Crippen LogP contribution in [-0.4, -0.2) is 41.0 Å². The lowest BCUT2D eigenvalue weighted by molar-refractivity contribution is -0.129. The lowest BCUT2D eigenvalue weighted by Crippen LogP contribution is -2.48. The van der Waals surface area contributed by atoms with Crippen LogP contribution in [0.25, 0.3) is 0 Å². The Morgan fingerprint density at radius 2 is 2.10 bits per heavy atom.